The molecule has 2 rings (SSSR count). The Hall–Kier alpha value is -2.34. The normalized spacial score (nSPS) is 14.5. The first-order valence-electron chi connectivity index (χ1n) is 6.67. The van der Waals surface area contributed by atoms with Crippen LogP contribution in [0.3, 0.4) is 0 Å². The first-order valence-corrected chi connectivity index (χ1v) is 6.67. The molecule has 1 aromatic carbocycles. The van der Waals surface area contributed by atoms with Crippen molar-refractivity contribution in [2.24, 2.45) is 0 Å². The van der Waals surface area contributed by atoms with Crippen LogP contribution in [0.4, 0.5) is 11.4 Å². The van der Waals surface area contributed by atoms with Gasteiger partial charge in [-0.25, -0.2) is 0 Å². The summed E-state index contributed by atoms with van der Waals surface area (Å²) in [6.45, 7) is 1.75. The third kappa shape index (κ3) is 3.05. The van der Waals surface area contributed by atoms with E-state index in [0.29, 0.717) is 0 Å². The van der Waals surface area contributed by atoms with Crippen molar-refractivity contribution in [1.82, 2.24) is 4.90 Å². The van der Waals surface area contributed by atoms with Gasteiger partial charge in [0, 0.05) is 31.5 Å². The summed E-state index contributed by atoms with van der Waals surface area (Å²) in [4.78, 5) is 26.7. The number of benzene rings is 1. The van der Waals surface area contributed by atoms with E-state index in [2.05, 4.69) is 5.32 Å². The Balaban J connectivity index is 2.16. The van der Waals surface area contributed by atoms with Gasteiger partial charge in [0.1, 0.15) is 5.70 Å². The van der Waals surface area contributed by atoms with Crippen molar-refractivity contribution >= 4 is 23.2 Å². The summed E-state index contributed by atoms with van der Waals surface area (Å²) in [6.07, 6.45) is 1.26. The van der Waals surface area contributed by atoms with Gasteiger partial charge >= 0.3 is 0 Å². The summed E-state index contributed by atoms with van der Waals surface area (Å²) >= 11 is 0. The number of anilines is 2. The molecule has 0 aliphatic carbocycles. The fourth-order valence-corrected chi connectivity index (χ4v) is 2.30. The highest BCUT2D eigenvalue weighted by molar-refractivity contribution is 6.17. The molecule has 2 N–H and O–H groups in total. The van der Waals surface area contributed by atoms with Gasteiger partial charge in [0.25, 0.3) is 11.8 Å². The molecule has 0 radical (unpaired) electrons. The van der Waals surface area contributed by atoms with Crippen LogP contribution in [0, 0.1) is 6.92 Å². The Kier molecular flexibility index (Phi) is 4.28. The number of hydrogen-bond donors (Lipinski definition) is 2. The van der Waals surface area contributed by atoms with E-state index in [4.69, 9.17) is 5.11 Å². The molecular weight excluding hydrogens is 270 g/mol. The predicted octanol–water partition coefficient (Wildman–Crippen LogP) is 0.718. The lowest BCUT2D eigenvalue weighted by Gasteiger charge is -2.17. The molecule has 1 heterocycles. The highest BCUT2D eigenvalue weighted by atomic mass is 16.3. The fourth-order valence-electron chi connectivity index (χ4n) is 2.30. The van der Waals surface area contributed by atoms with Crippen molar-refractivity contribution < 1.29 is 14.7 Å². The largest absolute Gasteiger partial charge is 0.395 e. The van der Waals surface area contributed by atoms with Crippen LogP contribution >= 0.6 is 0 Å². The lowest BCUT2D eigenvalue weighted by molar-refractivity contribution is -0.137. The molecule has 6 heteroatoms. The molecule has 0 saturated carbocycles. The van der Waals surface area contributed by atoms with Crippen LogP contribution in [0.1, 0.15) is 5.56 Å². The molecule has 6 nitrogen and oxygen atoms in total. The number of amides is 2. The number of nitrogens with zero attached hydrogens (tertiary/aromatic N) is 2. The van der Waals surface area contributed by atoms with E-state index in [9.17, 15) is 9.59 Å². The van der Waals surface area contributed by atoms with Crippen molar-refractivity contribution in [3.8, 4) is 0 Å². The Morgan fingerprint density at radius 1 is 1.29 bits per heavy atom. The molecule has 0 bridgehead atoms. The summed E-state index contributed by atoms with van der Waals surface area (Å²) in [5, 5.41) is 11.8. The number of aliphatic hydroxyl groups is 1. The van der Waals surface area contributed by atoms with Gasteiger partial charge in [0.15, 0.2) is 0 Å². The number of rotatable bonds is 5. The van der Waals surface area contributed by atoms with E-state index in [1.165, 1.54) is 6.08 Å². The van der Waals surface area contributed by atoms with Gasteiger partial charge in [-0.15, -0.1) is 0 Å². The standard InChI is InChI=1S/C15H19N3O3/c1-10-8-11(4-5-13(10)17(2)3)16-12-9-14(20)18(6-7-19)15(12)21/h4-5,8-9,16,19H,6-7H2,1-3H3. The first-order chi connectivity index (χ1) is 9.93. The number of hydrogen-bond acceptors (Lipinski definition) is 5. The number of aryl methyl sites for hydroxylation is 1. The quantitative estimate of drug-likeness (QED) is 0.781. The third-order valence-electron chi connectivity index (χ3n) is 3.29. The van der Waals surface area contributed by atoms with E-state index in [1.807, 2.05) is 44.1 Å². The molecule has 1 aliphatic rings. The van der Waals surface area contributed by atoms with Gasteiger partial charge < -0.3 is 15.3 Å². The molecule has 1 aliphatic heterocycles. The van der Waals surface area contributed by atoms with Crippen LogP contribution in [0.15, 0.2) is 30.0 Å². The fraction of sp³-hybridized carbons (Fsp3) is 0.333. The molecule has 0 saturated heterocycles. The van der Waals surface area contributed by atoms with Crippen LogP contribution in [0.25, 0.3) is 0 Å². The molecule has 0 aromatic heterocycles. The number of β-amino-alcohol motifs (C(OH)–C–C–N with tert-alkyl or cyclic N) is 1. The third-order valence-corrected chi connectivity index (χ3v) is 3.29. The first kappa shape index (κ1) is 15.1. The molecular formula is C15H19N3O3. The van der Waals surface area contributed by atoms with Gasteiger partial charge in [-0.2, -0.15) is 0 Å². The van der Waals surface area contributed by atoms with Crippen molar-refractivity contribution in [2.75, 3.05) is 37.5 Å². The summed E-state index contributed by atoms with van der Waals surface area (Å²) in [6, 6.07) is 5.73. The summed E-state index contributed by atoms with van der Waals surface area (Å²) in [7, 11) is 3.92. The minimum Gasteiger partial charge on any atom is -0.395 e. The average Bonchev–Trinajstić information content (AvgIpc) is 2.66. The molecule has 0 atom stereocenters. The van der Waals surface area contributed by atoms with Crippen molar-refractivity contribution in [3.63, 3.8) is 0 Å². The van der Waals surface area contributed by atoms with Crippen LogP contribution in [-0.2, 0) is 9.59 Å². The SMILES string of the molecule is Cc1cc(NC2=CC(=O)N(CCO)C2=O)ccc1N(C)C. The van der Waals surface area contributed by atoms with Gasteiger partial charge in [-0.3, -0.25) is 14.5 Å². The lowest BCUT2D eigenvalue weighted by atomic mass is 10.1. The van der Waals surface area contributed by atoms with E-state index in [1.54, 1.807) is 0 Å². The second-order valence-corrected chi connectivity index (χ2v) is 5.10. The van der Waals surface area contributed by atoms with Crippen LogP contribution in [0.2, 0.25) is 0 Å². The molecule has 0 fully saturated rings. The summed E-state index contributed by atoms with van der Waals surface area (Å²) < 4.78 is 0. The maximum atomic E-state index is 12.0. The molecule has 112 valence electrons. The minimum absolute atomic E-state index is 0.0118. The highest BCUT2D eigenvalue weighted by Gasteiger charge is 2.30. The van der Waals surface area contributed by atoms with Gasteiger partial charge in [0.2, 0.25) is 0 Å². The maximum Gasteiger partial charge on any atom is 0.277 e. The van der Waals surface area contributed by atoms with Crippen LogP contribution < -0.4 is 10.2 Å². The van der Waals surface area contributed by atoms with Crippen molar-refractivity contribution in [2.45, 2.75) is 6.92 Å². The minimum atomic E-state index is -0.414. The van der Waals surface area contributed by atoms with Crippen LogP contribution in [-0.4, -0.2) is 49.1 Å². The average molecular weight is 289 g/mol. The number of nitrogens with one attached hydrogen (secondary N) is 1. The molecule has 1 aromatic rings. The lowest BCUT2D eigenvalue weighted by Crippen LogP contribution is -2.34. The number of aliphatic hydroxyl groups excluding tert-OH is 1. The molecule has 21 heavy (non-hydrogen) atoms. The number of carbonyl (C=O) groups excluding carboxylic acids is 2. The van der Waals surface area contributed by atoms with E-state index >= 15 is 0 Å². The number of carbonyl (C=O) groups is 2. The zero-order valence-corrected chi connectivity index (χ0v) is 12.4. The summed E-state index contributed by atoms with van der Waals surface area (Å²) in [5.74, 6) is -0.818. The van der Waals surface area contributed by atoms with Crippen LogP contribution in [0.5, 0.6) is 0 Å². The van der Waals surface area contributed by atoms with Gasteiger partial charge in [-0.05, 0) is 30.7 Å². The Bertz CT molecular complexity index is 608. The zero-order chi connectivity index (χ0) is 15.6. The van der Waals surface area contributed by atoms with Crippen molar-refractivity contribution in [3.05, 3.63) is 35.5 Å². The monoisotopic (exact) mass is 289 g/mol. The van der Waals surface area contributed by atoms with E-state index < -0.39 is 11.8 Å². The second kappa shape index (κ2) is 5.97. The Morgan fingerprint density at radius 3 is 2.57 bits per heavy atom. The van der Waals surface area contributed by atoms with E-state index in [-0.39, 0.29) is 18.8 Å². The summed E-state index contributed by atoms with van der Waals surface area (Å²) in [5.41, 5.74) is 3.13. The number of imide groups is 1. The zero-order valence-electron chi connectivity index (χ0n) is 12.4. The van der Waals surface area contributed by atoms with Gasteiger partial charge in [-0.1, -0.05) is 0 Å². The molecule has 0 spiro atoms. The Labute approximate surface area is 123 Å². The second-order valence-electron chi connectivity index (χ2n) is 5.10. The van der Waals surface area contributed by atoms with Crippen molar-refractivity contribution in [1.29, 1.82) is 0 Å². The predicted molar refractivity (Wildman–Crippen MR) is 81.0 cm³/mol. The molecule has 0 unspecified atom stereocenters. The van der Waals surface area contributed by atoms with Gasteiger partial charge in [0.05, 0.1) is 13.2 Å². The Morgan fingerprint density at radius 2 is 2.00 bits per heavy atom. The van der Waals surface area contributed by atoms with E-state index in [0.717, 1.165) is 21.8 Å². The maximum absolute atomic E-state index is 12.0. The topological polar surface area (TPSA) is 72.9 Å². The molecule has 2 amide bonds. The smallest absolute Gasteiger partial charge is 0.277 e. The highest BCUT2D eigenvalue weighted by Crippen LogP contribution is 2.24.